The lowest BCUT2D eigenvalue weighted by Crippen LogP contribution is -2.38. The fraction of sp³-hybridized carbons (Fsp3) is 0.208. The number of carbonyl (C=O) groups excluding carboxylic acids is 1. The van der Waals surface area contributed by atoms with E-state index in [1.54, 1.807) is 6.07 Å². The van der Waals surface area contributed by atoms with Crippen molar-refractivity contribution in [1.29, 1.82) is 0 Å². The van der Waals surface area contributed by atoms with Crippen LogP contribution in [0, 0.1) is 10.1 Å². The fourth-order valence-corrected chi connectivity index (χ4v) is 3.51. The maximum atomic E-state index is 12.6. The topological polar surface area (TPSA) is 87.5 Å². The number of hydrogen-bond acceptors (Lipinski definition) is 5. The van der Waals surface area contributed by atoms with Gasteiger partial charge in [-0.1, -0.05) is 72.3 Å². The van der Waals surface area contributed by atoms with Gasteiger partial charge in [-0.3, -0.25) is 19.8 Å². The predicted molar refractivity (Wildman–Crippen MR) is 127 cm³/mol. The monoisotopic (exact) mass is 452 g/mol. The summed E-state index contributed by atoms with van der Waals surface area (Å²) in [6.07, 6.45) is 0. The minimum atomic E-state index is -0.494. The maximum absolute atomic E-state index is 12.6. The Morgan fingerprint density at radius 3 is 2.03 bits per heavy atom. The van der Waals surface area contributed by atoms with Gasteiger partial charge in [-0.05, 0) is 17.2 Å². The Bertz CT molecular complexity index is 990. The highest BCUT2D eigenvalue weighted by atomic mass is 35.5. The summed E-state index contributed by atoms with van der Waals surface area (Å²) >= 11 is 6.08. The van der Waals surface area contributed by atoms with Crippen LogP contribution in [0.4, 0.5) is 11.4 Å². The van der Waals surface area contributed by atoms with E-state index < -0.39 is 4.92 Å². The number of carbonyl (C=O) groups is 1. The Kier molecular flexibility index (Phi) is 8.60. The molecule has 0 aliphatic heterocycles. The van der Waals surface area contributed by atoms with Crippen LogP contribution in [0.1, 0.15) is 11.1 Å². The van der Waals surface area contributed by atoms with Gasteiger partial charge in [-0.25, -0.2) is 0 Å². The summed E-state index contributed by atoms with van der Waals surface area (Å²) in [4.78, 5) is 24.9. The average molecular weight is 453 g/mol. The molecule has 3 aromatic rings. The van der Waals surface area contributed by atoms with Crippen LogP contribution in [-0.2, 0) is 17.9 Å². The van der Waals surface area contributed by atoms with Gasteiger partial charge < -0.3 is 10.6 Å². The van der Waals surface area contributed by atoms with Gasteiger partial charge in [0.2, 0.25) is 5.91 Å². The molecule has 7 nitrogen and oxygen atoms in total. The van der Waals surface area contributed by atoms with Crippen molar-refractivity contribution in [3.8, 4) is 0 Å². The van der Waals surface area contributed by atoms with Crippen molar-refractivity contribution >= 4 is 28.9 Å². The van der Waals surface area contributed by atoms with E-state index >= 15 is 0 Å². The number of amides is 1. The molecule has 3 rings (SSSR count). The van der Waals surface area contributed by atoms with Crippen molar-refractivity contribution in [2.45, 2.75) is 13.1 Å². The lowest BCUT2D eigenvalue weighted by Gasteiger charge is -2.22. The molecule has 0 bridgehead atoms. The summed E-state index contributed by atoms with van der Waals surface area (Å²) in [5.41, 5.74) is 2.81. The van der Waals surface area contributed by atoms with Gasteiger partial charge in [0.25, 0.3) is 5.69 Å². The molecule has 0 aromatic heterocycles. The molecule has 0 fully saturated rings. The number of nitro benzene ring substituents is 1. The van der Waals surface area contributed by atoms with Crippen LogP contribution in [0.3, 0.4) is 0 Å². The molecule has 0 aliphatic carbocycles. The highest BCUT2D eigenvalue weighted by Gasteiger charge is 2.13. The molecule has 0 atom stereocenters. The summed E-state index contributed by atoms with van der Waals surface area (Å²) in [5, 5.41) is 17.1. The Morgan fingerprint density at radius 2 is 1.50 bits per heavy atom. The molecule has 0 aliphatic rings. The molecule has 0 spiro atoms. The van der Waals surface area contributed by atoms with E-state index in [0.29, 0.717) is 31.9 Å². The predicted octanol–water partition coefficient (Wildman–Crippen LogP) is 4.48. The Labute approximate surface area is 192 Å². The second kappa shape index (κ2) is 11.8. The Balaban J connectivity index is 1.50. The van der Waals surface area contributed by atoms with Gasteiger partial charge in [0, 0.05) is 38.3 Å². The first-order chi connectivity index (χ1) is 15.5. The summed E-state index contributed by atoms with van der Waals surface area (Å²) in [6, 6.07) is 24.4. The van der Waals surface area contributed by atoms with Crippen LogP contribution in [0.25, 0.3) is 0 Å². The molecule has 32 heavy (non-hydrogen) atoms. The molecule has 0 saturated heterocycles. The van der Waals surface area contributed by atoms with Gasteiger partial charge in [-0.2, -0.15) is 0 Å². The second-order valence-corrected chi connectivity index (χ2v) is 7.72. The number of benzene rings is 3. The van der Waals surface area contributed by atoms with Crippen LogP contribution >= 0.6 is 11.6 Å². The zero-order chi connectivity index (χ0) is 22.8. The zero-order valence-electron chi connectivity index (χ0n) is 17.5. The lowest BCUT2D eigenvalue weighted by molar-refractivity contribution is -0.384. The lowest BCUT2D eigenvalue weighted by atomic mass is 10.1. The van der Waals surface area contributed by atoms with Gasteiger partial charge in [0.15, 0.2) is 0 Å². The molecule has 1 amide bonds. The van der Waals surface area contributed by atoms with Crippen molar-refractivity contribution in [2.24, 2.45) is 0 Å². The molecular formula is C24H25ClN4O3. The van der Waals surface area contributed by atoms with Gasteiger partial charge in [0.05, 0.1) is 22.2 Å². The highest BCUT2D eigenvalue weighted by Crippen LogP contribution is 2.26. The van der Waals surface area contributed by atoms with Crippen molar-refractivity contribution < 1.29 is 9.72 Å². The number of nitrogens with one attached hydrogen (secondary N) is 2. The number of nitrogens with zero attached hydrogens (tertiary/aromatic N) is 2. The van der Waals surface area contributed by atoms with Crippen LogP contribution in [0.5, 0.6) is 0 Å². The van der Waals surface area contributed by atoms with E-state index in [4.69, 9.17) is 11.6 Å². The minimum absolute atomic E-state index is 0.0641. The molecule has 8 heteroatoms. The summed E-state index contributed by atoms with van der Waals surface area (Å²) in [7, 11) is 0. The van der Waals surface area contributed by atoms with E-state index in [2.05, 4.69) is 15.5 Å². The minimum Gasteiger partial charge on any atom is -0.382 e. The van der Waals surface area contributed by atoms with Crippen LogP contribution in [-0.4, -0.2) is 35.4 Å². The van der Waals surface area contributed by atoms with Gasteiger partial charge in [-0.15, -0.1) is 0 Å². The third-order valence-corrected chi connectivity index (χ3v) is 5.10. The van der Waals surface area contributed by atoms with Crippen molar-refractivity contribution in [1.82, 2.24) is 10.2 Å². The first-order valence-electron chi connectivity index (χ1n) is 10.3. The Morgan fingerprint density at radius 1 is 0.906 bits per heavy atom. The van der Waals surface area contributed by atoms with Crippen molar-refractivity contribution in [3.05, 3.63) is 105 Å². The smallest absolute Gasteiger partial charge is 0.271 e. The van der Waals surface area contributed by atoms with Gasteiger partial charge >= 0.3 is 0 Å². The molecule has 0 heterocycles. The first-order valence-corrected chi connectivity index (χ1v) is 10.6. The summed E-state index contributed by atoms with van der Waals surface area (Å²) in [5.74, 6) is -0.0755. The molecule has 0 radical (unpaired) electrons. The number of nitro groups is 1. The molecule has 0 saturated carbocycles. The third-order valence-electron chi connectivity index (χ3n) is 4.79. The normalized spacial score (nSPS) is 10.7. The summed E-state index contributed by atoms with van der Waals surface area (Å²) < 4.78 is 0. The molecular weight excluding hydrogens is 428 g/mol. The SMILES string of the molecule is O=C(CN(Cc1ccccc1)Cc1ccccc1)NCCNc1ccc([N+](=O)[O-])cc1Cl. The largest absolute Gasteiger partial charge is 0.382 e. The third kappa shape index (κ3) is 7.37. The molecule has 2 N–H and O–H groups in total. The first kappa shape index (κ1) is 23.2. The number of non-ortho nitro benzene ring substituents is 1. The van der Waals surface area contributed by atoms with E-state index in [1.807, 2.05) is 60.7 Å². The highest BCUT2D eigenvalue weighted by molar-refractivity contribution is 6.33. The van der Waals surface area contributed by atoms with E-state index in [9.17, 15) is 14.9 Å². The van der Waals surface area contributed by atoms with Crippen molar-refractivity contribution in [3.63, 3.8) is 0 Å². The van der Waals surface area contributed by atoms with Crippen molar-refractivity contribution in [2.75, 3.05) is 25.0 Å². The number of hydrogen-bond donors (Lipinski definition) is 2. The quantitative estimate of drug-likeness (QED) is 0.254. The van der Waals surface area contributed by atoms with Crippen LogP contribution in [0.15, 0.2) is 78.9 Å². The standard InChI is InChI=1S/C24H25ClN4O3/c25-22-15-21(29(31)32)11-12-23(22)26-13-14-27-24(30)18-28(16-19-7-3-1-4-8-19)17-20-9-5-2-6-10-20/h1-12,15,26H,13-14,16-18H2,(H,27,30). The van der Waals surface area contributed by atoms with E-state index in [1.165, 1.54) is 12.1 Å². The van der Waals surface area contributed by atoms with Crippen LogP contribution in [0.2, 0.25) is 5.02 Å². The molecule has 0 unspecified atom stereocenters. The Hall–Kier alpha value is -3.42. The molecule has 166 valence electrons. The number of anilines is 1. The van der Waals surface area contributed by atoms with Crippen LogP contribution < -0.4 is 10.6 Å². The number of rotatable bonds is 11. The van der Waals surface area contributed by atoms with E-state index in [0.717, 1.165) is 11.1 Å². The van der Waals surface area contributed by atoms with E-state index in [-0.39, 0.29) is 23.2 Å². The fourth-order valence-electron chi connectivity index (χ4n) is 3.27. The average Bonchev–Trinajstić information content (AvgIpc) is 2.78. The zero-order valence-corrected chi connectivity index (χ0v) is 18.3. The summed E-state index contributed by atoms with van der Waals surface area (Å²) in [6.45, 7) is 2.44. The molecule has 3 aromatic carbocycles. The maximum Gasteiger partial charge on any atom is 0.271 e. The van der Waals surface area contributed by atoms with Gasteiger partial charge in [0.1, 0.15) is 0 Å². The second-order valence-electron chi connectivity index (χ2n) is 7.31. The number of halogens is 1.